The second-order valence-corrected chi connectivity index (χ2v) is 12.5. The minimum absolute atomic E-state index is 0.0887. The molecule has 0 saturated heterocycles. The first-order valence-electron chi connectivity index (χ1n) is 14.5. The number of hydrogen-bond acceptors (Lipinski definition) is 4. The summed E-state index contributed by atoms with van der Waals surface area (Å²) in [4.78, 5) is 23.0. The predicted octanol–water partition coefficient (Wildman–Crippen LogP) is 6.57. The van der Waals surface area contributed by atoms with Gasteiger partial charge in [-0.15, -0.1) is 0 Å². The number of carbonyl (C=O) groups excluding carboxylic acids is 1. The van der Waals surface area contributed by atoms with E-state index in [-0.39, 0.29) is 24.3 Å². The zero-order valence-electron chi connectivity index (χ0n) is 24.1. The van der Waals surface area contributed by atoms with Crippen LogP contribution in [0.4, 0.5) is 0 Å². The standard InChI is InChI=1S/C32H38Cl2N6OS/c1-21(2)28(39-30(41)16-26-18-36-29(37-26)15-22-11-13-23(17-35)14-12-22)20-40(19-24-7-6-10-27(33)31(24)34)32(42)38-25-8-4-3-5-9-25/h6-7,10-14,18,21,25,28H,3-5,8-9,15-16,19-20H2,1-2H3,(H,36,37)(H,38,42)(H,39,41)/t28-/m1/s1. The molecule has 2 aromatic carbocycles. The summed E-state index contributed by atoms with van der Waals surface area (Å²) >= 11 is 18.8. The summed E-state index contributed by atoms with van der Waals surface area (Å²) in [6.45, 7) is 5.20. The number of hydrogen-bond donors (Lipinski definition) is 3. The number of thiocarbonyl (C=S) groups is 1. The third-order valence-electron chi connectivity index (χ3n) is 7.67. The van der Waals surface area contributed by atoms with Gasteiger partial charge in [-0.25, -0.2) is 4.98 Å². The summed E-state index contributed by atoms with van der Waals surface area (Å²) in [5.74, 6) is 0.846. The number of aromatic nitrogens is 2. The molecule has 1 fully saturated rings. The SMILES string of the molecule is CC(C)[C@@H](CN(Cc1cccc(Cl)c1Cl)C(=S)NC1CCCCC1)NC(=O)Cc1cnc(Cc2ccc(C#N)cc2)[nH]1. The van der Waals surface area contributed by atoms with Crippen molar-refractivity contribution in [3.63, 3.8) is 0 Å². The van der Waals surface area contributed by atoms with Crippen molar-refractivity contribution >= 4 is 46.4 Å². The van der Waals surface area contributed by atoms with Crippen LogP contribution >= 0.6 is 35.4 Å². The minimum atomic E-state index is -0.150. The largest absolute Gasteiger partial charge is 0.360 e. The third-order valence-corrected chi connectivity index (χ3v) is 8.90. The number of aromatic amines is 1. The van der Waals surface area contributed by atoms with Crippen molar-refractivity contribution in [3.8, 4) is 6.07 Å². The van der Waals surface area contributed by atoms with Gasteiger partial charge in [-0.2, -0.15) is 5.26 Å². The smallest absolute Gasteiger partial charge is 0.226 e. The van der Waals surface area contributed by atoms with Gasteiger partial charge in [0.05, 0.1) is 28.1 Å². The Morgan fingerprint density at radius 1 is 1.17 bits per heavy atom. The molecule has 3 N–H and O–H groups in total. The van der Waals surface area contributed by atoms with E-state index in [9.17, 15) is 4.79 Å². The molecule has 1 aliphatic carbocycles. The minimum Gasteiger partial charge on any atom is -0.360 e. The maximum atomic E-state index is 13.2. The van der Waals surface area contributed by atoms with Crippen molar-refractivity contribution in [1.29, 1.82) is 5.26 Å². The Morgan fingerprint density at radius 3 is 2.60 bits per heavy atom. The van der Waals surface area contributed by atoms with Gasteiger partial charge in [0.25, 0.3) is 0 Å². The average Bonchev–Trinajstić information content (AvgIpc) is 3.41. The van der Waals surface area contributed by atoms with Crippen LogP contribution in [0.2, 0.25) is 10.0 Å². The lowest BCUT2D eigenvalue weighted by molar-refractivity contribution is -0.121. The number of rotatable bonds is 11. The zero-order chi connectivity index (χ0) is 30.1. The monoisotopic (exact) mass is 624 g/mol. The molecule has 0 radical (unpaired) electrons. The number of imidazole rings is 1. The number of carbonyl (C=O) groups is 1. The van der Waals surface area contributed by atoms with E-state index in [1.807, 2.05) is 24.3 Å². The molecule has 4 rings (SSSR count). The molecule has 10 heteroatoms. The van der Waals surface area contributed by atoms with Crippen LogP contribution < -0.4 is 10.6 Å². The van der Waals surface area contributed by atoms with Crippen molar-refractivity contribution in [2.75, 3.05) is 6.54 Å². The Labute approximate surface area is 264 Å². The van der Waals surface area contributed by atoms with Crippen LogP contribution in [-0.2, 0) is 24.2 Å². The van der Waals surface area contributed by atoms with Gasteiger partial charge in [0.2, 0.25) is 5.91 Å². The number of benzene rings is 2. The van der Waals surface area contributed by atoms with Gasteiger partial charge < -0.3 is 20.5 Å². The molecule has 0 aliphatic heterocycles. The molecule has 0 unspecified atom stereocenters. The maximum Gasteiger partial charge on any atom is 0.226 e. The lowest BCUT2D eigenvalue weighted by Gasteiger charge is -2.35. The van der Waals surface area contributed by atoms with Crippen LogP contribution in [0.1, 0.15) is 74.2 Å². The van der Waals surface area contributed by atoms with Crippen LogP contribution in [0, 0.1) is 17.2 Å². The fraction of sp³-hybridized carbons (Fsp3) is 0.438. The zero-order valence-corrected chi connectivity index (χ0v) is 26.5. The van der Waals surface area contributed by atoms with E-state index in [2.05, 4.69) is 45.4 Å². The Bertz CT molecular complexity index is 1390. The first-order chi connectivity index (χ1) is 20.2. The third kappa shape index (κ3) is 9.19. The lowest BCUT2D eigenvalue weighted by Crippen LogP contribution is -2.52. The summed E-state index contributed by atoms with van der Waals surface area (Å²) in [5.41, 5.74) is 3.29. The molecule has 7 nitrogen and oxygen atoms in total. The van der Waals surface area contributed by atoms with Gasteiger partial charge in [-0.1, -0.05) is 80.6 Å². The molecule has 3 aromatic rings. The Hall–Kier alpha value is -3.12. The topological polar surface area (TPSA) is 96.8 Å². The molecule has 222 valence electrons. The van der Waals surface area contributed by atoms with Crippen LogP contribution in [0.15, 0.2) is 48.7 Å². The van der Waals surface area contributed by atoms with Crippen molar-refractivity contribution in [2.24, 2.45) is 5.92 Å². The molecule has 42 heavy (non-hydrogen) atoms. The van der Waals surface area contributed by atoms with Crippen molar-refractivity contribution in [3.05, 3.63) is 86.9 Å². The Morgan fingerprint density at radius 2 is 1.90 bits per heavy atom. The number of halogens is 2. The van der Waals surface area contributed by atoms with Crippen LogP contribution in [0.5, 0.6) is 0 Å². The fourth-order valence-corrected chi connectivity index (χ4v) is 5.86. The van der Waals surface area contributed by atoms with Gasteiger partial charge in [0.15, 0.2) is 5.11 Å². The second kappa shape index (κ2) is 15.4. The van der Waals surface area contributed by atoms with Gasteiger partial charge >= 0.3 is 0 Å². The summed E-state index contributed by atoms with van der Waals surface area (Å²) in [6, 6.07) is 15.4. The van der Waals surface area contributed by atoms with Crippen LogP contribution in [0.3, 0.4) is 0 Å². The number of nitrogens with one attached hydrogen (secondary N) is 3. The van der Waals surface area contributed by atoms with E-state index in [0.29, 0.717) is 46.3 Å². The lowest BCUT2D eigenvalue weighted by atomic mass is 9.96. The normalized spacial score (nSPS) is 14.3. The predicted molar refractivity (Wildman–Crippen MR) is 173 cm³/mol. The van der Waals surface area contributed by atoms with Crippen molar-refractivity contribution in [1.82, 2.24) is 25.5 Å². The first-order valence-corrected chi connectivity index (χ1v) is 15.7. The number of nitriles is 1. The van der Waals surface area contributed by atoms with Crippen molar-refractivity contribution in [2.45, 2.75) is 77.4 Å². The Kier molecular flexibility index (Phi) is 11.6. The highest BCUT2D eigenvalue weighted by molar-refractivity contribution is 7.80. The van der Waals surface area contributed by atoms with Gasteiger partial charge in [0.1, 0.15) is 5.82 Å². The summed E-state index contributed by atoms with van der Waals surface area (Å²) in [6.07, 6.45) is 8.37. The molecule has 1 saturated carbocycles. The van der Waals surface area contributed by atoms with Crippen molar-refractivity contribution < 1.29 is 4.79 Å². The van der Waals surface area contributed by atoms with E-state index in [0.717, 1.165) is 35.5 Å². The molecular weight excluding hydrogens is 587 g/mol. The number of H-pyrrole nitrogens is 1. The van der Waals surface area contributed by atoms with E-state index in [1.165, 1.54) is 19.3 Å². The van der Waals surface area contributed by atoms with Gasteiger partial charge in [-0.3, -0.25) is 4.79 Å². The molecule has 1 atom stereocenters. The van der Waals surface area contributed by atoms with Gasteiger partial charge in [0, 0.05) is 43.5 Å². The summed E-state index contributed by atoms with van der Waals surface area (Å²) in [5, 5.41) is 17.5. The van der Waals surface area contributed by atoms with E-state index in [4.69, 9.17) is 40.7 Å². The Balaban J connectivity index is 1.41. The molecule has 1 aromatic heterocycles. The number of amides is 1. The van der Waals surface area contributed by atoms with Crippen LogP contribution in [0.25, 0.3) is 0 Å². The average molecular weight is 626 g/mol. The molecular formula is C32H38Cl2N6OS. The summed E-state index contributed by atoms with van der Waals surface area (Å²) in [7, 11) is 0. The van der Waals surface area contributed by atoms with Gasteiger partial charge in [-0.05, 0) is 60.3 Å². The maximum absolute atomic E-state index is 13.2. The molecule has 1 amide bonds. The van der Waals surface area contributed by atoms with Crippen LogP contribution in [-0.4, -0.2) is 44.5 Å². The van der Waals surface area contributed by atoms with E-state index in [1.54, 1.807) is 24.4 Å². The highest BCUT2D eigenvalue weighted by Crippen LogP contribution is 2.27. The van der Waals surface area contributed by atoms with E-state index >= 15 is 0 Å². The molecule has 1 aliphatic rings. The fourth-order valence-electron chi connectivity index (χ4n) is 5.18. The highest BCUT2D eigenvalue weighted by atomic mass is 35.5. The summed E-state index contributed by atoms with van der Waals surface area (Å²) < 4.78 is 0. The van der Waals surface area contributed by atoms with E-state index < -0.39 is 0 Å². The first kappa shape index (κ1) is 31.8. The number of nitrogens with zero attached hydrogens (tertiary/aromatic N) is 3. The highest BCUT2D eigenvalue weighted by Gasteiger charge is 2.25. The quantitative estimate of drug-likeness (QED) is 0.209. The second-order valence-electron chi connectivity index (χ2n) is 11.3. The molecule has 1 heterocycles. The molecule has 0 bridgehead atoms. The molecule has 0 spiro atoms.